The van der Waals surface area contributed by atoms with Crippen LogP contribution in [-0.2, 0) is 16.6 Å². The number of rotatable bonds is 10. The van der Waals surface area contributed by atoms with Gasteiger partial charge in [-0.15, -0.1) is 11.3 Å². The van der Waals surface area contributed by atoms with Gasteiger partial charge in [-0.3, -0.25) is 0 Å². The van der Waals surface area contributed by atoms with Crippen LogP contribution in [0.5, 0.6) is 11.5 Å². The number of halogens is 4. The van der Waals surface area contributed by atoms with Crippen LogP contribution in [0.4, 0.5) is 24.0 Å². The molecule has 1 aromatic heterocycles. The maximum Gasteiger partial charge on any atom is 0.269 e. The van der Waals surface area contributed by atoms with Gasteiger partial charge in [-0.05, 0) is 44.8 Å². The van der Waals surface area contributed by atoms with Gasteiger partial charge in [-0.2, -0.15) is 0 Å². The van der Waals surface area contributed by atoms with Crippen LogP contribution in [-0.4, -0.2) is 64.6 Å². The molecule has 0 radical (unpaired) electrons. The summed E-state index contributed by atoms with van der Waals surface area (Å²) in [5.41, 5.74) is 0.619. The second-order valence-electron chi connectivity index (χ2n) is 9.65. The number of nitrogens with zero attached hydrogens (tertiary/aromatic N) is 3. The highest BCUT2D eigenvalue weighted by Crippen LogP contribution is 2.39. The lowest BCUT2D eigenvalue weighted by Crippen LogP contribution is -2.50. The van der Waals surface area contributed by atoms with Gasteiger partial charge in [0, 0.05) is 48.1 Å². The Kier molecular flexibility index (Phi) is 9.08. The first-order valence-corrected chi connectivity index (χ1v) is 15.0. The van der Waals surface area contributed by atoms with Crippen molar-refractivity contribution in [1.29, 1.82) is 0 Å². The van der Waals surface area contributed by atoms with E-state index in [0.29, 0.717) is 17.1 Å². The van der Waals surface area contributed by atoms with Gasteiger partial charge in [-0.1, -0.05) is 11.6 Å². The van der Waals surface area contributed by atoms with E-state index in [2.05, 4.69) is 10.3 Å². The smallest absolute Gasteiger partial charge is 0.269 e. The molecule has 2 atom stereocenters. The number of ether oxygens (including phenoxy) is 2. The molecule has 0 bridgehead atoms. The average Bonchev–Trinajstić information content (AvgIpc) is 3.44. The minimum atomic E-state index is -4.51. The Morgan fingerprint density at radius 1 is 1.20 bits per heavy atom. The zero-order valence-electron chi connectivity index (χ0n) is 22.3. The summed E-state index contributed by atoms with van der Waals surface area (Å²) in [4.78, 5) is 5.18. The first-order chi connectivity index (χ1) is 18.9. The van der Waals surface area contributed by atoms with Crippen molar-refractivity contribution in [2.24, 2.45) is 0 Å². The molecule has 218 valence electrons. The summed E-state index contributed by atoms with van der Waals surface area (Å²) >= 11 is 7.53. The number of likely N-dealkylation sites (N-methyl/N-ethyl adjacent to an activating group) is 1. The Balaban J connectivity index is 1.68. The molecule has 1 saturated carbocycles. The highest BCUT2D eigenvalue weighted by molar-refractivity contribution is 7.93. The fourth-order valence-electron chi connectivity index (χ4n) is 4.71. The predicted octanol–water partition coefficient (Wildman–Crippen LogP) is 5.88. The third-order valence-electron chi connectivity index (χ3n) is 6.83. The Bertz CT molecular complexity index is 1440. The van der Waals surface area contributed by atoms with E-state index in [0.717, 1.165) is 27.8 Å². The van der Waals surface area contributed by atoms with Crippen LogP contribution in [0.3, 0.4) is 0 Å². The molecule has 0 unspecified atom stereocenters. The number of methoxy groups -OCH3 is 2. The van der Waals surface area contributed by atoms with Crippen molar-refractivity contribution in [2.75, 3.05) is 37.9 Å². The standard InChI is InChI=1S/C26H30ClF3N4O4S2/c1-33(2)22-14-26(29,30)8-7-20(22)32-21-13-19(28)24(12-18(21)27)40(35,36)34(25-31-9-10-39-25)15-16-5-6-17(37-3)11-23(16)38-4/h5-6,9-13,20,22,32H,7-8,14-15H2,1-4H3/t20-,22-/m1/s1. The summed E-state index contributed by atoms with van der Waals surface area (Å²) in [5.74, 6) is -2.95. The van der Waals surface area contributed by atoms with E-state index in [-0.39, 0.29) is 41.6 Å². The molecule has 0 saturated heterocycles. The summed E-state index contributed by atoms with van der Waals surface area (Å²) < 4.78 is 83.0. The number of hydrogen-bond acceptors (Lipinski definition) is 8. The molecule has 8 nitrogen and oxygen atoms in total. The first-order valence-electron chi connectivity index (χ1n) is 12.3. The average molecular weight is 619 g/mol. The van der Waals surface area contributed by atoms with Gasteiger partial charge in [-0.25, -0.2) is 30.9 Å². The first kappa shape index (κ1) is 30.2. The summed E-state index contributed by atoms with van der Waals surface area (Å²) in [7, 11) is 1.83. The minimum absolute atomic E-state index is 0.0593. The van der Waals surface area contributed by atoms with Gasteiger partial charge >= 0.3 is 0 Å². The van der Waals surface area contributed by atoms with E-state index < -0.39 is 38.7 Å². The number of sulfonamides is 1. The monoisotopic (exact) mass is 618 g/mol. The van der Waals surface area contributed by atoms with Crippen molar-refractivity contribution in [3.8, 4) is 11.5 Å². The Hall–Kier alpha value is -2.74. The van der Waals surface area contributed by atoms with Crippen LogP contribution in [0.15, 0.2) is 46.8 Å². The van der Waals surface area contributed by atoms with Crippen molar-refractivity contribution in [3.05, 3.63) is 58.3 Å². The molecule has 0 amide bonds. The lowest BCUT2D eigenvalue weighted by atomic mass is 9.86. The predicted molar refractivity (Wildman–Crippen MR) is 150 cm³/mol. The SMILES string of the molecule is COc1ccc(CN(c2nccs2)S(=O)(=O)c2cc(Cl)c(N[C@@H]3CCC(F)(F)C[C@H]3N(C)C)cc2F)c(OC)c1. The summed E-state index contributed by atoms with van der Waals surface area (Å²) in [6.45, 7) is -0.207. The van der Waals surface area contributed by atoms with E-state index in [4.69, 9.17) is 21.1 Å². The number of hydrogen-bond donors (Lipinski definition) is 1. The van der Waals surface area contributed by atoms with Gasteiger partial charge in [0.2, 0.25) is 5.92 Å². The number of anilines is 2. The number of alkyl halides is 2. The molecule has 0 spiro atoms. The molecule has 0 aliphatic heterocycles. The molecule has 4 rings (SSSR count). The second kappa shape index (κ2) is 12.0. The van der Waals surface area contributed by atoms with E-state index in [1.165, 1.54) is 20.4 Å². The van der Waals surface area contributed by atoms with Crippen molar-refractivity contribution >= 4 is 43.8 Å². The Labute approximate surface area is 240 Å². The fraction of sp³-hybridized carbons (Fsp3) is 0.423. The summed E-state index contributed by atoms with van der Waals surface area (Å²) in [6.07, 6.45) is 0.898. The molecule has 3 aromatic rings. The van der Waals surface area contributed by atoms with Crippen molar-refractivity contribution in [3.63, 3.8) is 0 Å². The molecule has 1 aliphatic carbocycles. The molecule has 1 heterocycles. The van der Waals surface area contributed by atoms with Crippen LogP contribution >= 0.6 is 22.9 Å². The number of thiazole rings is 1. The van der Waals surface area contributed by atoms with Gasteiger partial charge in [0.25, 0.3) is 10.0 Å². The van der Waals surface area contributed by atoms with E-state index in [9.17, 15) is 17.2 Å². The molecular weight excluding hydrogens is 589 g/mol. The third kappa shape index (κ3) is 6.42. The van der Waals surface area contributed by atoms with Crippen LogP contribution in [0.2, 0.25) is 5.02 Å². The van der Waals surface area contributed by atoms with Crippen LogP contribution < -0.4 is 19.1 Å². The minimum Gasteiger partial charge on any atom is -0.497 e. The normalized spacial score (nSPS) is 18.9. The maximum atomic E-state index is 15.6. The summed E-state index contributed by atoms with van der Waals surface area (Å²) in [6, 6.07) is 5.96. The highest BCUT2D eigenvalue weighted by atomic mass is 35.5. The van der Waals surface area contributed by atoms with Crippen molar-refractivity contribution in [2.45, 2.75) is 48.7 Å². The van der Waals surface area contributed by atoms with E-state index in [1.807, 2.05) is 0 Å². The van der Waals surface area contributed by atoms with Gasteiger partial charge in [0.15, 0.2) is 5.13 Å². The summed E-state index contributed by atoms with van der Waals surface area (Å²) in [5, 5.41) is 4.73. The highest BCUT2D eigenvalue weighted by Gasteiger charge is 2.42. The Morgan fingerprint density at radius 2 is 1.95 bits per heavy atom. The third-order valence-corrected chi connectivity index (χ3v) is 9.80. The number of benzene rings is 2. The Morgan fingerprint density at radius 3 is 2.58 bits per heavy atom. The van der Waals surface area contributed by atoms with Gasteiger partial charge in [0.05, 0.1) is 31.5 Å². The molecule has 40 heavy (non-hydrogen) atoms. The van der Waals surface area contributed by atoms with Gasteiger partial charge < -0.3 is 19.7 Å². The molecule has 14 heteroatoms. The molecule has 1 fully saturated rings. The fourth-order valence-corrected chi connectivity index (χ4v) is 7.33. The maximum absolute atomic E-state index is 15.6. The number of aromatic nitrogens is 1. The van der Waals surface area contributed by atoms with Crippen LogP contribution in [0.25, 0.3) is 0 Å². The molecule has 2 aromatic carbocycles. The zero-order valence-corrected chi connectivity index (χ0v) is 24.7. The van der Waals surface area contributed by atoms with Crippen LogP contribution in [0.1, 0.15) is 24.8 Å². The van der Waals surface area contributed by atoms with Crippen molar-refractivity contribution < 1.29 is 31.1 Å². The lowest BCUT2D eigenvalue weighted by molar-refractivity contribution is -0.0607. The van der Waals surface area contributed by atoms with E-state index >= 15 is 4.39 Å². The molecule has 1 aliphatic rings. The van der Waals surface area contributed by atoms with Gasteiger partial charge in [0.1, 0.15) is 22.2 Å². The lowest BCUT2D eigenvalue weighted by Gasteiger charge is -2.40. The largest absolute Gasteiger partial charge is 0.497 e. The second-order valence-corrected chi connectivity index (χ2v) is 12.8. The quantitative estimate of drug-likeness (QED) is 0.304. The van der Waals surface area contributed by atoms with Crippen molar-refractivity contribution in [1.82, 2.24) is 9.88 Å². The van der Waals surface area contributed by atoms with E-state index in [1.54, 1.807) is 42.6 Å². The molecule has 1 N–H and O–H groups in total. The topological polar surface area (TPSA) is 84.0 Å². The van der Waals surface area contributed by atoms with Crippen LogP contribution in [0, 0.1) is 5.82 Å². The number of nitrogens with one attached hydrogen (secondary N) is 1. The zero-order chi connectivity index (χ0) is 29.2. The molecular formula is C26H30ClF3N4O4S2.